The van der Waals surface area contributed by atoms with Gasteiger partial charge in [0.2, 0.25) is 0 Å². The van der Waals surface area contributed by atoms with E-state index in [1.54, 1.807) is 0 Å². The first kappa shape index (κ1) is 23.9. The van der Waals surface area contributed by atoms with Gasteiger partial charge in [-0.05, 0) is 0 Å². The SMILES string of the molecule is C#CCC.[Br-].[Br-].[Mg+2]. The second kappa shape index (κ2) is 26.7. The Hall–Kier alpha value is 1.29. The molecule has 0 aromatic rings. The summed E-state index contributed by atoms with van der Waals surface area (Å²) in [6.45, 7) is 1.94. The number of rotatable bonds is 0. The molecule has 0 saturated carbocycles. The minimum absolute atomic E-state index is 0. The van der Waals surface area contributed by atoms with E-state index < -0.39 is 0 Å². The van der Waals surface area contributed by atoms with Gasteiger partial charge in [-0.15, -0.1) is 12.3 Å². The van der Waals surface area contributed by atoms with Crippen LogP contribution in [0.1, 0.15) is 13.3 Å². The van der Waals surface area contributed by atoms with Crippen molar-refractivity contribution in [1.82, 2.24) is 0 Å². The van der Waals surface area contributed by atoms with Gasteiger partial charge in [0.1, 0.15) is 0 Å². The fourth-order valence-corrected chi connectivity index (χ4v) is 0. The van der Waals surface area contributed by atoms with Gasteiger partial charge < -0.3 is 34.0 Å². The third-order valence-electron chi connectivity index (χ3n) is 0.204. The molecule has 0 heterocycles. The number of hydrogen-bond acceptors (Lipinski definition) is 0. The first-order valence-corrected chi connectivity index (χ1v) is 1.35. The van der Waals surface area contributed by atoms with Crippen LogP contribution in [0.5, 0.6) is 0 Å². The zero-order valence-electron chi connectivity index (χ0n) is 4.25. The van der Waals surface area contributed by atoms with Gasteiger partial charge in [0.05, 0.1) is 0 Å². The normalized spacial score (nSPS) is 2.86. The Morgan fingerprint density at radius 3 is 1.57 bits per heavy atom. The summed E-state index contributed by atoms with van der Waals surface area (Å²) in [6, 6.07) is 0. The summed E-state index contributed by atoms with van der Waals surface area (Å²) in [5, 5.41) is 0. The van der Waals surface area contributed by atoms with Crippen LogP contribution in [0.4, 0.5) is 0 Å². The molecule has 0 rings (SSSR count). The van der Waals surface area contributed by atoms with Gasteiger partial charge >= 0.3 is 23.1 Å². The minimum atomic E-state index is 0. The molecule has 0 bridgehead atoms. The van der Waals surface area contributed by atoms with Crippen LogP contribution in [0.25, 0.3) is 0 Å². The average Bonchev–Trinajstić information content (AvgIpc) is 1.37. The fraction of sp³-hybridized carbons (Fsp3) is 0.500. The Kier molecular flexibility index (Phi) is 91.2. The van der Waals surface area contributed by atoms with Crippen LogP contribution in [0, 0.1) is 12.3 Å². The van der Waals surface area contributed by atoms with Gasteiger partial charge in [0, 0.05) is 6.42 Å². The van der Waals surface area contributed by atoms with Gasteiger partial charge in [-0.1, -0.05) is 6.92 Å². The molecule has 0 nitrogen and oxygen atoms in total. The molecular weight excluding hydrogens is 232 g/mol. The first-order valence-electron chi connectivity index (χ1n) is 1.35. The molecule has 0 aliphatic carbocycles. The molecule has 0 saturated heterocycles. The quantitative estimate of drug-likeness (QED) is 0.292. The zero-order valence-corrected chi connectivity index (χ0v) is 8.83. The van der Waals surface area contributed by atoms with Crippen molar-refractivity contribution in [2.45, 2.75) is 13.3 Å². The van der Waals surface area contributed by atoms with Crippen LogP contribution in [-0.4, -0.2) is 23.1 Å². The van der Waals surface area contributed by atoms with Gasteiger partial charge in [-0.2, -0.15) is 0 Å². The van der Waals surface area contributed by atoms with Crippen molar-refractivity contribution in [3.05, 3.63) is 0 Å². The Morgan fingerprint density at radius 1 is 1.43 bits per heavy atom. The van der Waals surface area contributed by atoms with Crippen molar-refractivity contribution in [3.8, 4) is 12.3 Å². The van der Waals surface area contributed by atoms with E-state index in [0.717, 1.165) is 6.42 Å². The molecule has 0 spiro atoms. The van der Waals surface area contributed by atoms with Gasteiger partial charge in [0.25, 0.3) is 0 Å². The molecule has 7 heavy (non-hydrogen) atoms. The standard InChI is InChI=1S/C4H6.2BrH.Mg/c1-3-4-2;;;/h1H,4H2,2H3;2*1H;/q;;;+2/p-2. The molecule has 0 aliphatic heterocycles. The maximum absolute atomic E-state index is 4.78. The summed E-state index contributed by atoms with van der Waals surface area (Å²) in [4.78, 5) is 0. The van der Waals surface area contributed by atoms with Crippen LogP contribution >= 0.6 is 0 Å². The van der Waals surface area contributed by atoms with E-state index in [2.05, 4.69) is 5.92 Å². The molecule has 0 unspecified atom stereocenters. The van der Waals surface area contributed by atoms with Crippen LogP contribution in [0.15, 0.2) is 0 Å². The molecule has 0 radical (unpaired) electrons. The molecule has 0 aromatic carbocycles. The second-order valence-electron chi connectivity index (χ2n) is 0.558. The van der Waals surface area contributed by atoms with E-state index in [9.17, 15) is 0 Å². The molecule has 0 amide bonds. The second-order valence-corrected chi connectivity index (χ2v) is 0.558. The van der Waals surface area contributed by atoms with E-state index in [-0.39, 0.29) is 57.0 Å². The van der Waals surface area contributed by atoms with Crippen molar-refractivity contribution in [2.75, 3.05) is 0 Å². The van der Waals surface area contributed by atoms with Crippen molar-refractivity contribution in [3.63, 3.8) is 0 Å². The van der Waals surface area contributed by atoms with Gasteiger partial charge in [-0.3, -0.25) is 0 Å². The number of hydrogen-bond donors (Lipinski definition) is 0. The molecule has 0 aromatic heterocycles. The van der Waals surface area contributed by atoms with E-state index in [4.69, 9.17) is 6.42 Å². The Balaban J connectivity index is -0.0000000150. The van der Waals surface area contributed by atoms with Crippen LogP contribution in [-0.2, 0) is 0 Å². The van der Waals surface area contributed by atoms with E-state index >= 15 is 0 Å². The molecule has 0 fully saturated rings. The summed E-state index contributed by atoms with van der Waals surface area (Å²) >= 11 is 0. The predicted molar refractivity (Wildman–Crippen MR) is 24.9 cm³/mol. The molecular formula is C4H6Br2Mg. The summed E-state index contributed by atoms with van der Waals surface area (Å²) in [7, 11) is 0. The van der Waals surface area contributed by atoms with E-state index in [1.807, 2.05) is 6.92 Å². The van der Waals surface area contributed by atoms with E-state index in [0.29, 0.717) is 0 Å². The monoisotopic (exact) mass is 236 g/mol. The Bertz CT molecular complexity index is 39.4. The van der Waals surface area contributed by atoms with Crippen molar-refractivity contribution in [2.24, 2.45) is 0 Å². The zero-order chi connectivity index (χ0) is 3.41. The van der Waals surface area contributed by atoms with Crippen molar-refractivity contribution < 1.29 is 34.0 Å². The van der Waals surface area contributed by atoms with Crippen LogP contribution in [0.2, 0.25) is 0 Å². The number of terminal acetylenes is 1. The van der Waals surface area contributed by atoms with Crippen LogP contribution < -0.4 is 34.0 Å². The maximum Gasteiger partial charge on any atom is 2.00 e. The molecule has 38 valence electrons. The summed E-state index contributed by atoms with van der Waals surface area (Å²) in [6.07, 6.45) is 5.62. The molecule has 0 atom stereocenters. The smallest absolute Gasteiger partial charge is 1.00 e. The summed E-state index contributed by atoms with van der Waals surface area (Å²) < 4.78 is 0. The number of halogens is 2. The average molecular weight is 238 g/mol. The Labute approximate surface area is 82.1 Å². The molecule has 0 aliphatic rings. The van der Waals surface area contributed by atoms with Crippen molar-refractivity contribution in [1.29, 1.82) is 0 Å². The first-order chi connectivity index (χ1) is 1.91. The fourth-order valence-electron chi connectivity index (χ4n) is 0. The summed E-state index contributed by atoms with van der Waals surface area (Å²) in [5.41, 5.74) is 0. The largest absolute Gasteiger partial charge is 2.00 e. The van der Waals surface area contributed by atoms with Gasteiger partial charge in [-0.25, -0.2) is 0 Å². The molecule has 3 heteroatoms. The van der Waals surface area contributed by atoms with Crippen LogP contribution in [0.3, 0.4) is 0 Å². The minimum Gasteiger partial charge on any atom is -1.00 e. The third kappa shape index (κ3) is 39.0. The maximum atomic E-state index is 4.78. The summed E-state index contributed by atoms with van der Waals surface area (Å²) in [5.74, 6) is 2.43. The van der Waals surface area contributed by atoms with Crippen molar-refractivity contribution >= 4 is 23.1 Å². The molecule has 0 N–H and O–H groups in total. The van der Waals surface area contributed by atoms with Gasteiger partial charge in [0.15, 0.2) is 0 Å². The predicted octanol–water partition coefficient (Wildman–Crippen LogP) is -5.34. The Morgan fingerprint density at radius 2 is 1.57 bits per heavy atom. The van der Waals surface area contributed by atoms with E-state index in [1.165, 1.54) is 0 Å². The topological polar surface area (TPSA) is 0 Å². The third-order valence-corrected chi connectivity index (χ3v) is 0.204.